The number of carbonyl (C=O) groups excluding carboxylic acids is 2. The monoisotopic (exact) mass is 328 g/mol. The molecule has 7 nitrogen and oxygen atoms in total. The number of benzene rings is 1. The van der Waals surface area contributed by atoms with Crippen LogP contribution in [-0.4, -0.2) is 39.4 Å². The van der Waals surface area contributed by atoms with E-state index in [2.05, 4.69) is 15.5 Å². The Labute approximate surface area is 140 Å². The Kier molecular flexibility index (Phi) is 4.33. The highest BCUT2D eigenvalue weighted by molar-refractivity contribution is 5.97. The second kappa shape index (κ2) is 6.43. The Morgan fingerprint density at radius 3 is 2.83 bits per heavy atom. The molecule has 0 saturated carbocycles. The highest BCUT2D eigenvalue weighted by atomic mass is 16.5. The molecule has 0 spiro atoms. The van der Waals surface area contributed by atoms with E-state index in [4.69, 9.17) is 4.52 Å². The normalized spacial score (nSPS) is 17.6. The molecule has 7 heteroatoms. The van der Waals surface area contributed by atoms with Gasteiger partial charge in [-0.3, -0.25) is 9.59 Å². The summed E-state index contributed by atoms with van der Waals surface area (Å²) in [5.74, 6) is 0.522. The largest absolute Gasteiger partial charge is 0.339 e. The summed E-state index contributed by atoms with van der Waals surface area (Å²) < 4.78 is 4.98. The third-order valence-corrected chi connectivity index (χ3v) is 4.07. The van der Waals surface area contributed by atoms with Crippen molar-refractivity contribution in [3.63, 3.8) is 0 Å². The number of nitrogens with zero attached hydrogens (tertiary/aromatic N) is 3. The summed E-state index contributed by atoms with van der Waals surface area (Å²) in [6.07, 6.45) is 0.258. The Morgan fingerprint density at radius 2 is 2.21 bits per heavy atom. The summed E-state index contributed by atoms with van der Waals surface area (Å²) in [4.78, 5) is 30.3. The smallest absolute Gasteiger partial charge is 0.229 e. The molecule has 1 fully saturated rings. The first kappa shape index (κ1) is 16.2. The van der Waals surface area contributed by atoms with Gasteiger partial charge in [0.15, 0.2) is 0 Å². The average Bonchev–Trinajstić information content (AvgIpc) is 3.13. The van der Waals surface area contributed by atoms with E-state index in [1.807, 2.05) is 26.0 Å². The van der Waals surface area contributed by atoms with Gasteiger partial charge in [0, 0.05) is 37.2 Å². The van der Waals surface area contributed by atoms with E-state index < -0.39 is 0 Å². The van der Waals surface area contributed by atoms with Gasteiger partial charge < -0.3 is 14.7 Å². The molecule has 1 N–H and O–H groups in total. The number of hydrogen-bond donors (Lipinski definition) is 1. The van der Waals surface area contributed by atoms with Crippen LogP contribution in [0.1, 0.15) is 26.2 Å². The molecule has 0 radical (unpaired) electrons. The molecule has 1 aliphatic heterocycles. The van der Waals surface area contributed by atoms with Crippen LogP contribution in [0.15, 0.2) is 28.8 Å². The van der Waals surface area contributed by atoms with E-state index in [0.717, 1.165) is 5.56 Å². The number of rotatable bonds is 4. The van der Waals surface area contributed by atoms with Crippen LogP contribution < -0.4 is 5.32 Å². The number of likely N-dealkylation sites (tertiary alicyclic amines) is 1. The Morgan fingerprint density at radius 1 is 1.42 bits per heavy atom. The lowest BCUT2D eigenvalue weighted by atomic mass is 10.1. The van der Waals surface area contributed by atoms with Gasteiger partial charge in [0.2, 0.25) is 23.5 Å². The third-order valence-electron chi connectivity index (χ3n) is 4.07. The lowest BCUT2D eigenvalue weighted by Crippen LogP contribution is -2.33. The molecule has 2 heterocycles. The molecule has 1 aromatic carbocycles. The zero-order valence-corrected chi connectivity index (χ0v) is 13.9. The van der Waals surface area contributed by atoms with E-state index in [0.29, 0.717) is 23.9 Å². The van der Waals surface area contributed by atoms with Gasteiger partial charge >= 0.3 is 0 Å². The minimum atomic E-state index is -0.323. The van der Waals surface area contributed by atoms with Crippen LogP contribution in [-0.2, 0) is 9.59 Å². The fraction of sp³-hybridized carbons (Fsp3) is 0.412. The molecule has 1 saturated heterocycles. The van der Waals surface area contributed by atoms with Gasteiger partial charge in [0.05, 0.1) is 5.92 Å². The lowest BCUT2D eigenvalue weighted by Gasteiger charge is -2.20. The molecule has 3 rings (SSSR count). The van der Waals surface area contributed by atoms with Crippen molar-refractivity contribution in [2.45, 2.75) is 33.2 Å². The maximum atomic E-state index is 12.4. The first-order valence-corrected chi connectivity index (χ1v) is 7.95. The molecule has 1 aromatic heterocycles. The van der Waals surface area contributed by atoms with Gasteiger partial charge in [-0.1, -0.05) is 17.3 Å². The number of anilines is 1. The topological polar surface area (TPSA) is 88.3 Å². The summed E-state index contributed by atoms with van der Waals surface area (Å²) in [5.41, 5.74) is 1.41. The van der Waals surface area contributed by atoms with E-state index >= 15 is 0 Å². The molecule has 0 bridgehead atoms. The molecule has 2 amide bonds. The van der Waals surface area contributed by atoms with Crippen molar-refractivity contribution in [2.24, 2.45) is 5.92 Å². The Bertz CT molecular complexity index is 769. The average molecular weight is 328 g/mol. The molecule has 1 aliphatic rings. The number of aromatic nitrogens is 2. The molecular weight excluding hydrogens is 308 g/mol. The van der Waals surface area contributed by atoms with E-state index in [9.17, 15) is 9.59 Å². The summed E-state index contributed by atoms with van der Waals surface area (Å²) in [5, 5.41) is 6.75. The number of aryl methyl sites for hydroxylation is 1. The zero-order chi connectivity index (χ0) is 17.3. The highest BCUT2D eigenvalue weighted by Gasteiger charge is 2.35. The fourth-order valence-corrected chi connectivity index (χ4v) is 2.80. The van der Waals surface area contributed by atoms with E-state index in [1.54, 1.807) is 24.0 Å². The SMILES string of the molecule is Cc1nc(-c2cccc(NC(=O)C3CC(=O)N(C(C)C)C3)c2)no1. The van der Waals surface area contributed by atoms with Gasteiger partial charge in [-0.05, 0) is 26.0 Å². The lowest BCUT2D eigenvalue weighted by molar-refractivity contribution is -0.129. The first-order valence-electron chi connectivity index (χ1n) is 7.95. The molecule has 0 aliphatic carbocycles. The summed E-state index contributed by atoms with van der Waals surface area (Å²) in [7, 11) is 0. The van der Waals surface area contributed by atoms with Gasteiger partial charge in [0.1, 0.15) is 0 Å². The standard InChI is InChI=1S/C17H20N4O3/c1-10(2)21-9-13(8-15(21)22)17(23)19-14-6-4-5-12(7-14)16-18-11(3)24-20-16/h4-7,10,13H,8-9H2,1-3H3,(H,19,23). The van der Waals surface area contributed by atoms with E-state index in [1.165, 1.54) is 0 Å². The zero-order valence-electron chi connectivity index (χ0n) is 13.9. The summed E-state index contributed by atoms with van der Waals surface area (Å²) in [6, 6.07) is 7.36. The maximum Gasteiger partial charge on any atom is 0.229 e. The quantitative estimate of drug-likeness (QED) is 0.930. The molecule has 1 atom stereocenters. The van der Waals surface area contributed by atoms with Crippen LogP contribution in [0.4, 0.5) is 5.69 Å². The van der Waals surface area contributed by atoms with Crippen molar-refractivity contribution >= 4 is 17.5 Å². The van der Waals surface area contributed by atoms with Gasteiger partial charge in [-0.25, -0.2) is 0 Å². The highest BCUT2D eigenvalue weighted by Crippen LogP contribution is 2.24. The Balaban J connectivity index is 1.70. The van der Waals surface area contributed by atoms with Gasteiger partial charge in [-0.15, -0.1) is 0 Å². The summed E-state index contributed by atoms with van der Waals surface area (Å²) in [6.45, 7) is 6.09. The number of nitrogens with one attached hydrogen (secondary N) is 1. The second-order valence-corrected chi connectivity index (χ2v) is 6.25. The van der Waals surface area contributed by atoms with Crippen LogP contribution >= 0.6 is 0 Å². The maximum absolute atomic E-state index is 12.4. The minimum absolute atomic E-state index is 0.0289. The minimum Gasteiger partial charge on any atom is -0.339 e. The van der Waals surface area contributed by atoms with Gasteiger partial charge in [0.25, 0.3) is 0 Å². The van der Waals surface area contributed by atoms with Crippen molar-refractivity contribution in [2.75, 3.05) is 11.9 Å². The van der Waals surface area contributed by atoms with Crippen LogP contribution in [0.3, 0.4) is 0 Å². The predicted octanol–water partition coefficient (Wildman–Crippen LogP) is 2.24. The van der Waals surface area contributed by atoms with Crippen LogP contribution in [0.2, 0.25) is 0 Å². The predicted molar refractivity (Wildman–Crippen MR) is 88.1 cm³/mol. The van der Waals surface area contributed by atoms with Crippen molar-refractivity contribution in [3.05, 3.63) is 30.2 Å². The van der Waals surface area contributed by atoms with Crippen molar-refractivity contribution in [3.8, 4) is 11.4 Å². The van der Waals surface area contributed by atoms with Crippen molar-refractivity contribution in [1.29, 1.82) is 0 Å². The fourth-order valence-electron chi connectivity index (χ4n) is 2.80. The van der Waals surface area contributed by atoms with E-state index in [-0.39, 0.29) is 30.2 Å². The van der Waals surface area contributed by atoms with Crippen LogP contribution in [0.25, 0.3) is 11.4 Å². The van der Waals surface area contributed by atoms with Crippen molar-refractivity contribution in [1.82, 2.24) is 15.0 Å². The molecule has 126 valence electrons. The number of hydrogen-bond acceptors (Lipinski definition) is 5. The molecule has 24 heavy (non-hydrogen) atoms. The molecular formula is C17H20N4O3. The third kappa shape index (κ3) is 3.29. The summed E-state index contributed by atoms with van der Waals surface area (Å²) >= 11 is 0. The number of amides is 2. The van der Waals surface area contributed by atoms with Crippen molar-refractivity contribution < 1.29 is 14.1 Å². The van der Waals surface area contributed by atoms with Crippen LogP contribution in [0, 0.1) is 12.8 Å². The first-order chi connectivity index (χ1) is 11.4. The second-order valence-electron chi connectivity index (χ2n) is 6.25. The Hall–Kier alpha value is -2.70. The number of carbonyl (C=O) groups is 2. The molecule has 1 unspecified atom stereocenters. The van der Waals surface area contributed by atoms with Crippen LogP contribution in [0.5, 0.6) is 0 Å². The molecule has 2 aromatic rings. The van der Waals surface area contributed by atoms with Gasteiger partial charge in [-0.2, -0.15) is 4.98 Å².